The van der Waals surface area contributed by atoms with Crippen LogP contribution in [0.4, 0.5) is 0 Å². The lowest BCUT2D eigenvalue weighted by atomic mass is 9.69. The van der Waals surface area contributed by atoms with Crippen LogP contribution in [-0.4, -0.2) is 35.0 Å². The van der Waals surface area contributed by atoms with Crippen LogP contribution >= 0.6 is 0 Å². The third kappa shape index (κ3) is 4.21. The van der Waals surface area contributed by atoms with Gasteiger partial charge >= 0.3 is 5.97 Å². The maximum absolute atomic E-state index is 12.6. The van der Waals surface area contributed by atoms with Gasteiger partial charge in [-0.2, -0.15) is 0 Å². The summed E-state index contributed by atoms with van der Waals surface area (Å²) in [7, 11) is 0. The predicted octanol–water partition coefficient (Wildman–Crippen LogP) is 3.16. The highest BCUT2D eigenvalue weighted by molar-refractivity contribution is 5.79. The van der Waals surface area contributed by atoms with Gasteiger partial charge in [-0.25, -0.2) is 0 Å². The summed E-state index contributed by atoms with van der Waals surface area (Å²) in [5.41, 5.74) is 0.342. The molecule has 2 aliphatic rings. The SMILES string of the molecule is CC(C)(C)C1CCC(C(=O)N2CCC(CC(=O)O)C2)CC1. The van der Waals surface area contributed by atoms with Crippen LogP contribution in [0.15, 0.2) is 0 Å². The van der Waals surface area contributed by atoms with E-state index in [0.717, 1.165) is 44.6 Å². The van der Waals surface area contributed by atoms with E-state index in [1.807, 2.05) is 4.90 Å². The van der Waals surface area contributed by atoms with Crippen molar-refractivity contribution >= 4 is 11.9 Å². The molecule has 1 aliphatic heterocycles. The molecule has 4 heteroatoms. The van der Waals surface area contributed by atoms with Gasteiger partial charge in [0.1, 0.15) is 0 Å². The molecule has 1 heterocycles. The van der Waals surface area contributed by atoms with Crippen LogP contribution in [0.3, 0.4) is 0 Å². The number of carbonyl (C=O) groups excluding carboxylic acids is 1. The van der Waals surface area contributed by atoms with E-state index in [0.29, 0.717) is 12.0 Å². The number of likely N-dealkylation sites (tertiary alicyclic amines) is 1. The van der Waals surface area contributed by atoms with E-state index in [1.54, 1.807) is 0 Å². The standard InChI is InChI=1S/C17H29NO3/c1-17(2,3)14-6-4-13(5-7-14)16(21)18-9-8-12(11-18)10-15(19)20/h12-14H,4-11H2,1-3H3,(H,19,20). The Morgan fingerprint density at radius 3 is 2.24 bits per heavy atom. The fourth-order valence-corrected chi connectivity index (χ4v) is 3.91. The molecule has 1 saturated heterocycles. The van der Waals surface area contributed by atoms with Crippen molar-refractivity contribution in [3.8, 4) is 0 Å². The fourth-order valence-electron chi connectivity index (χ4n) is 3.91. The molecule has 1 atom stereocenters. The lowest BCUT2D eigenvalue weighted by Crippen LogP contribution is -2.37. The van der Waals surface area contributed by atoms with Gasteiger partial charge in [-0.15, -0.1) is 0 Å². The molecule has 120 valence electrons. The van der Waals surface area contributed by atoms with Crippen LogP contribution in [0.25, 0.3) is 0 Å². The minimum Gasteiger partial charge on any atom is -0.481 e. The van der Waals surface area contributed by atoms with Crippen molar-refractivity contribution in [3.63, 3.8) is 0 Å². The number of carbonyl (C=O) groups is 2. The molecule has 1 unspecified atom stereocenters. The first-order chi connectivity index (χ1) is 9.77. The molecule has 4 nitrogen and oxygen atoms in total. The highest BCUT2D eigenvalue weighted by Gasteiger charge is 2.36. The number of aliphatic carboxylic acids is 1. The summed E-state index contributed by atoms with van der Waals surface area (Å²) >= 11 is 0. The second kappa shape index (κ2) is 6.37. The minimum atomic E-state index is -0.750. The Kier molecular flexibility index (Phi) is 4.95. The molecular formula is C17H29NO3. The van der Waals surface area contributed by atoms with Crippen molar-refractivity contribution in [2.75, 3.05) is 13.1 Å². The first kappa shape index (κ1) is 16.3. The third-order valence-corrected chi connectivity index (χ3v) is 5.36. The number of hydrogen-bond donors (Lipinski definition) is 1. The summed E-state index contributed by atoms with van der Waals surface area (Å²) in [6.07, 6.45) is 5.33. The average molecular weight is 295 g/mol. The van der Waals surface area contributed by atoms with E-state index in [4.69, 9.17) is 5.11 Å². The monoisotopic (exact) mass is 295 g/mol. The molecule has 2 fully saturated rings. The summed E-state index contributed by atoms with van der Waals surface area (Å²) < 4.78 is 0. The normalized spacial score (nSPS) is 30.4. The number of nitrogens with zero attached hydrogens (tertiary/aromatic N) is 1. The first-order valence-corrected chi connectivity index (χ1v) is 8.28. The summed E-state index contributed by atoms with van der Waals surface area (Å²) in [6, 6.07) is 0. The molecule has 0 bridgehead atoms. The molecule has 1 saturated carbocycles. The molecule has 0 aromatic heterocycles. The second-order valence-corrected chi connectivity index (χ2v) is 7.95. The molecule has 1 aliphatic carbocycles. The topological polar surface area (TPSA) is 57.6 Å². The van der Waals surface area contributed by atoms with Crippen molar-refractivity contribution in [1.82, 2.24) is 4.90 Å². The Bertz CT molecular complexity index is 391. The summed E-state index contributed by atoms with van der Waals surface area (Å²) in [6.45, 7) is 8.25. The Morgan fingerprint density at radius 2 is 1.71 bits per heavy atom. The lowest BCUT2D eigenvalue weighted by molar-refractivity contribution is -0.139. The quantitative estimate of drug-likeness (QED) is 0.870. The van der Waals surface area contributed by atoms with E-state index < -0.39 is 5.97 Å². The van der Waals surface area contributed by atoms with Crippen LogP contribution in [0.5, 0.6) is 0 Å². The molecule has 21 heavy (non-hydrogen) atoms. The Morgan fingerprint density at radius 1 is 1.10 bits per heavy atom. The maximum Gasteiger partial charge on any atom is 0.303 e. The molecule has 0 aromatic rings. The van der Waals surface area contributed by atoms with Crippen LogP contribution < -0.4 is 0 Å². The number of hydrogen-bond acceptors (Lipinski definition) is 2. The van der Waals surface area contributed by atoms with Crippen LogP contribution in [0, 0.1) is 23.2 Å². The van der Waals surface area contributed by atoms with Crippen molar-refractivity contribution < 1.29 is 14.7 Å². The van der Waals surface area contributed by atoms with Crippen molar-refractivity contribution in [1.29, 1.82) is 0 Å². The van der Waals surface area contributed by atoms with Gasteiger partial charge in [-0.05, 0) is 49.4 Å². The molecule has 2 rings (SSSR count). The average Bonchev–Trinajstić information content (AvgIpc) is 2.84. The number of carboxylic acids is 1. The van der Waals surface area contributed by atoms with Gasteiger partial charge in [0.15, 0.2) is 0 Å². The Hall–Kier alpha value is -1.06. The third-order valence-electron chi connectivity index (χ3n) is 5.36. The lowest BCUT2D eigenvalue weighted by Gasteiger charge is -2.37. The van der Waals surface area contributed by atoms with E-state index in [1.165, 1.54) is 0 Å². The molecule has 0 spiro atoms. The second-order valence-electron chi connectivity index (χ2n) is 7.95. The van der Waals surface area contributed by atoms with E-state index >= 15 is 0 Å². The van der Waals surface area contributed by atoms with Crippen LogP contribution in [0.1, 0.15) is 59.3 Å². The van der Waals surface area contributed by atoms with Crippen LogP contribution in [-0.2, 0) is 9.59 Å². The number of amides is 1. The minimum absolute atomic E-state index is 0.150. The van der Waals surface area contributed by atoms with Gasteiger partial charge in [0, 0.05) is 25.4 Å². The highest BCUT2D eigenvalue weighted by Crippen LogP contribution is 2.40. The zero-order valence-electron chi connectivity index (χ0n) is 13.6. The summed E-state index contributed by atoms with van der Waals surface area (Å²) in [5.74, 6) is 0.569. The molecule has 0 aromatic carbocycles. The highest BCUT2D eigenvalue weighted by atomic mass is 16.4. The number of rotatable bonds is 3. The molecule has 1 N–H and O–H groups in total. The first-order valence-electron chi connectivity index (χ1n) is 8.28. The Labute approximate surface area is 127 Å². The van der Waals surface area contributed by atoms with Crippen molar-refractivity contribution in [3.05, 3.63) is 0 Å². The smallest absolute Gasteiger partial charge is 0.303 e. The van der Waals surface area contributed by atoms with Gasteiger partial charge in [0.2, 0.25) is 5.91 Å². The molecular weight excluding hydrogens is 266 g/mol. The maximum atomic E-state index is 12.6. The van der Waals surface area contributed by atoms with E-state index in [-0.39, 0.29) is 24.2 Å². The zero-order chi connectivity index (χ0) is 15.6. The van der Waals surface area contributed by atoms with Crippen molar-refractivity contribution in [2.45, 2.75) is 59.3 Å². The fraction of sp³-hybridized carbons (Fsp3) is 0.882. The summed E-state index contributed by atoms with van der Waals surface area (Å²) in [4.78, 5) is 25.2. The summed E-state index contributed by atoms with van der Waals surface area (Å²) in [5, 5.41) is 8.85. The zero-order valence-corrected chi connectivity index (χ0v) is 13.6. The van der Waals surface area contributed by atoms with Gasteiger partial charge in [-0.1, -0.05) is 20.8 Å². The van der Waals surface area contributed by atoms with Gasteiger partial charge in [0.05, 0.1) is 0 Å². The van der Waals surface area contributed by atoms with E-state index in [9.17, 15) is 9.59 Å². The van der Waals surface area contributed by atoms with Crippen molar-refractivity contribution in [2.24, 2.45) is 23.2 Å². The molecule has 0 radical (unpaired) electrons. The largest absolute Gasteiger partial charge is 0.481 e. The van der Waals surface area contributed by atoms with Gasteiger partial charge in [-0.3, -0.25) is 9.59 Å². The van der Waals surface area contributed by atoms with Gasteiger partial charge < -0.3 is 10.0 Å². The number of carboxylic acid groups (broad SMARTS) is 1. The predicted molar refractivity (Wildman–Crippen MR) is 81.8 cm³/mol. The van der Waals surface area contributed by atoms with Gasteiger partial charge in [0.25, 0.3) is 0 Å². The van der Waals surface area contributed by atoms with E-state index in [2.05, 4.69) is 20.8 Å². The molecule has 1 amide bonds. The van der Waals surface area contributed by atoms with Crippen LogP contribution in [0.2, 0.25) is 0 Å². The Balaban J connectivity index is 1.82.